The first-order chi connectivity index (χ1) is 56.7. The van der Waals surface area contributed by atoms with Gasteiger partial charge in [0.2, 0.25) is 0 Å². The van der Waals surface area contributed by atoms with Crippen LogP contribution in [0.1, 0.15) is 140 Å². The average Bonchev–Trinajstić information content (AvgIpc) is 1.65. The molecular weight excluding hydrogens is 1540 g/mol. The third kappa shape index (κ3) is 20.8. The number of H-pyrrole nitrogens is 4. The van der Waals surface area contributed by atoms with Crippen LogP contribution < -0.4 is 21.3 Å². The number of hydrogen-bond acceptors (Lipinski definition) is 16. The van der Waals surface area contributed by atoms with Crippen LogP contribution in [0.15, 0.2) is 91.8 Å². The molecule has 35 heteroatoms. The first-order valence-electron chi connectivity index (χ1n) is 40.4. The molecule has 0 radical (unpaired) electrons. The van der Waals surface area contributed by atoms with Gasteiger partial charge in [-0.1, -0.05) is 40.7 Å². The summed E-state index contributed by atoms with van der Waals surface area (Å²) in [6.45, 7) is 23.3. The summed E-state index contributed by atoms with van der Waals surface area (Å²) in [5.74, 6) is -4.06. The lowest BCUT2D eigenvalue weighted by molar-refractivity contribution is -0.0244. The Balaban J connectivity index is 0.000000137. The van der Waals surface area contributed by atoms with E-state index in [1.165, 1.54) is 18.2 Å². The first kappa shape index (κ1) is 85.7. The average molecular weight is 1650 g/mol. The second kappa shape index (κ2) is 36.6. The van der Waals surface area contributed by atoms with Crippen molar-refractivity contribution in [1.29, 1.82) is 0 Å². The lowest BCUT2D eigenvalue weighted by Gasteiger charge is -2.36. The zero-order valence-electron chi connectivity index (χ0n) is 69.2. The zero-order valence-corrected chi connectivity index (χ0v) is 69.2. The Hall–Kier alpha value is -11.2. The van der Waals surface area contributed by atoms with Crippen molar-refractivity contribution in [3.05, 3.63) is 144 Å². The molecule has 0 bridgehead atoms. The maximum absolute atomic E-state index is 14.7. The highest BCUT2D eigenvalue weighted by Gasteiger charge is 2.36. The third-order valence-corrected chi connectivity index (χ3v) is 22.2. The molecule has 4 amide bonds. The van der Waals surface area contributed by atoms with Crippen molar-refractivity contribution < 1.29 is 49.9 Å². The number of carbonyl (C=O) groups is 4. The van der Waals surface area contributed by atoms with E-state index in [9.17, 15) is 49.9 Å². The van der Waals surface area contributed by atoms with Gasteiger partial charge in [-0.2, -0.15) is 30.6 Å². The molecule has 8 aromatic heterocycles. The first-order valence-corrected chi connectivity index (χ1v) is 40.4. The van der Waals surface area contributed by atoms with Gasteiger partial charge in [-0.15, -0.1) is 0 Å². The molecule has 16 rings (SSSR count). The number of aryl methyl sites for hydroxylation is 4. The Morgan fingerprint density at radius 3 is 1.42 bits per heavy atom. The highest BCUT2D eigenvalue weighted by molar-refractivity contribution is 6.08. The molecule has 3 atom stereocenters. The van der Waals surface area contributed by atoms with E-state index in [4.69, 9.17) is 0 Å². The zero-order chi connectivity index (χ0) is 84.9. The van der Waals surface area contributed by atoms with Gasteiger partial charge in [0, 0.05) is 155 Å². The second-order valence-corrected chi connectivity index (χ2v) is 33.5. The highest BCUT2D eigenvalue weighted by atomic mass is 19.3. The largest absolute Gasteiger partial charge is 0.348 e. The maximum atomic E-state index is 14.7. The molecule has 4 fully saturated rings. The van der Waals surface area contributed by atoms with Crippen LogP contribution in [0, 0.1) is 42.6 Å². The van der Waals surface area contributed by atoms with Gasteiger partial charge in [-0.05, 0) is 150 Å². The van der Waals surface area contributed by atoms with Crippen LogP contribution >= 0.6 is 0 Å². The summed E-state index contributed by atoms with van der Waals surface area (Å²) in [5.41, 5.74) is 8.03. The van der Waals surface area contributed by atoms with Crippen molar-refractivity contribution in [2.45, 2.75) is 137 Å². The minimum absolute atomic E-state index is 0.00484. The van der Waals surface area contributed by atoms with Gasteiger partial charge >= 0.3 is 0 Å². The molecule has 119 heavy (non-hydrogen) atoms. The number of fused-ring (bicyclic) bond motifs is 4. The number of amides is 4. The molecule has 1 unspecified atom stereocenters. The number of halogens is 7. The number of rotatable bonds is 20. The number of benzene rings is 4. The van der Waals surface area contributed by atoms with Crippen LogP contribution in [0.4, 0.5) is 30.7 Å². The lowest BCUT2D eigenvalue weighted by Crippen LogP contribution is -2.53. The molecule has 0 spiro atoms. The molecule has 0 aliphatic carbocycles. The van der Waals surface area contributed by atoms with Crippen molar-refractivity contribution in [3.8, 4) is 44.8 Å². The summed E-state index contributed by atoms with van der Waals surface area (Å²) in [4.78, 5) is 68.1. The highest BCUT2D eigenvalue weighted by Crippen LogP contribution is 2.34. The van der Waals surface area contributed by atoms with Gasteiger partial charge in [0.05, 0.1) is 60.8 Å². The van der Waals surface area contributed by atoms with E-state index in [-0.39, 0.29) is 69.5 Å². The normalized spacial score (nSPS) is 17.2. The number of carbonyl (C=O) groups excluding carboxylic acids is 4. The van der Waals surface area contributed by atoms with Gasteiger partial charge in [0.15, 0.2) is 23.1 Å². The van der Waals surface area contributed by atoms with Crippen LogP contribution in [-0.2, 0) is 28.2 Å². The van der Waals surface area contributed by atoms with Crippen LogP contribution in [0.3, 0.4) is 0 Å². The van der Waals surface area contributed by atoms with Crippen LogP contribution in [0.25, 0.3) is 88.4 Å². The summed E-state index contributed by atoms with van der Waals surface area (Å²) in [6, 6.07) is 14.5. The third-order valence-electron chi connectivity index (χ3n) is 22.2. The molecule has 8 N–H and O–H groups in total. The number of piperidine rings is 3. The topological polar surface area (TPSA) is 315 Å². The maximum Gasteiger partial charge on any atom is 0.277 e. The molecule has 12 aromatic rings. The monoisotopic (exact) mass is 1650 g/mol. The molecule has 28 nitrogen and oxygen atoms in total. The quantitative estimate of drug-likeness (QED) is 0.0329. The SMILES string of the molecule is Cc1ncc(-c2cc(F)c3n[nH]c(C(=O)NC4CCN(CC(C)F)CC4)c3c2)n1C.Cc1ncc(-c2cc(F)c3n[nH]c(C(=O)N[C@H]4CCN(CC(C)C)C[C@@H]4F)c3c2)n1C.Cn1cc(-c2cc(F)c3n[nH]c(C(=O)NC4CCN(CC(C)(C)C)CC4)c3c2)cn1.Cn1cc(-c2ccc3[nH]nc(C(=O)NCC(F)(F)CN4CCCC4)c3c2)cn1. The van der Waals surface area contributed by atoms with Crippen LogP contribution in [-0.4, -0.2) is 244 Å². The van der Waals surface area contributed by atoms with E-state index in [1.807, 2.05) is 81.8 Å². The molecule has 634 valence electrons. The summed E-state index contributed by atoms with van der Waals surface area (Å²) in [7, 11) is 7.33. The van der Waals surface area contributed by atoms with E-state index >= 15 is 0 Å². The van der Waals surface area contributed by atoms with Gasteiger partial charge in [-0.3, -0.25) is 53.8 Å². The minimum Gasteiger partial charge on any atom is -0.348 e. The van der Waals surface area contributed by atoms with E-state index in [0.717, 1.165) is 124 Å². The van der Waals surface area contributed by atoms with Crippen molar-refractivity contribution in [2.75, 3.05) is 85.1 Å². The summed E-state index contributed by atoms with van der Waals surface area (Å²) in [5, 5.41) is 48.3. The molecular formula is C84H105F7N24O4. The Morgan fingerprint density at radius 1 is 0.513 bits per heavy atom. The van der Waals surface area contributed by atoms with Crippen molar-refractivity contribution in [2.24, 2.45) is 39.5 Å². The van der Waals surface area contributed by atoms with E-state index in [1.54, 1.807) is 64.2 Å². The van der Waals surface area contributed by atoms with Crippen molar-refractivity contribution in [3.63, 3.8) is 0 Å². The summed E-state index contributed by atoms with van der Waals surface area (Å²) < 4.78 is 107. The van der Waals surface area contributed by atoms with Crippen LogP contribution in [0.2, 0.25) is 0 Å². The van der Waals surface area contributed by atoms with E-state index < -0.39 is 60.1 Å². The van der Waals surface area contributed by atoms with Gasteiger partial charge in [-0.25, -0.2) is 40.7 Å². The van der Waals surface area contributed by atoms with Crippen LogP contribution in [0.5, 0.6) is 0 Å². The van der Waals surface area contributed by atoms with E-state index in [0.29, 0.717) is 88.0 Å². The predicted molar refractivity (Wildman–Crippen MR) is 441 cm³/mol. The van der Waals surface area contributed by atoms with Crippen molar-refractivity contribution in [1.82, 2.24) is 120 Å². The second-order valence-electron chi connectivity index (χ2n) is 33.5. The Labute approximate surface area is 684 Å². The molecule has 4 aliphatic heterocycles. The molecule has 12 heterocycles. The molecule has 4 aromatic carbocycles. The smallest absolute Gasteiger partial charge is 0.277 e. The fourth-order valence-corrected chi connectivity index (χ4v) is 16.0. The Bertz CT molecular complexity index is 5560. The Morgan fingerprint density at radius 2 is 0.966 bits per heavy atom. The lowest BCUT2D eigenvalue weighted by atomic mass is 9.94. The Kier molecular flexibility index (Phi) is 26.4. The van der Waals surface area contributed by atoms with Gasteiger partial charge in [0.25, 0.3) is 29.6 Å². The molecule has 4 saturated heterocycles. The number of hydrogen-bond donors (Lipinski definition) is 8. The number of aromatic amines is 4. The van der Waals surface area contributed by atoms with Crippen molar-refractivity contribution >= 4 is 67.2 Å². The number of likely N-dealkylation sites (tertiary alicyclic amines) is 4. The fourth-order valence-electron chi connectivity index (χ4n) is 16.0. The van der Waals surface area contributed by atoms with E-state index in [2.05, 4.69) is 132 Å². The number of nitrogens with zero attached hydrogens (tertiary/aromatic N) is 16. The number of nitrogens with one attached hydrogen (secondary N) is 8. The minimum atomic E-state index is -2.98. The predicted octanol–water partition coefficient (Wildman–Crippen LogP) is 11.9. The molecule has 4 aliphatic rings. The number of alkyl halides is 4. The number of aromatic nitrogens is 16. The van der Waals surface area contributed by atoms with Gasteiger partial charge < -0.3 is 45.1 Å². The number of imidazole rings is 2. The summed E-state index contributed by atoms with van der Waals surface area (Å²) in [6.07, 6.45) is 14.1. The summed E-state index contributed by atoms with van der Waals surface area (Å²) >= 11 is 0. The molecule has 0 saturated carbocycles. The fraction of sp³-hybridized carbons (Fsp3) is 0.476. The van der Waals surface area contributed by atoms with Gasteiger partial charge in [0.1, 0.15) is 57.6 Å². The standard InChI is InChI=1S/C22H28F2N6O.C22H29FN6O.C21H26F2N6O.C19H22F2N6O/c1-12(2)10-30-6-5-18(17(24)11-30)26-22(31)21-15-7-14(8-16(23)20(15)27-28-21)19-9-25-13(3)29(19)4;1-22(2,3)13-29-7-5-16(6-8-29)25-21(30)20-17-9-14(15-11-24-28(4)12-15)10-18(23)19(17)26-27-20;1-12(22)11-29-6-4-15(5-7-29)25-21(30)20-16-8-14(9-17(23)19(16)26-27-20)18-10-24-13(2)28(18)3;1-26-10-14(9-23-26)13-4-5-16-15(8-13)17(25-24-16)18(28)22-11-19(20,21)12-27-6-2-3-7-27/h7-9,12,17-18H,5-6,10-11H2,1-4H3,(H,26,31)(H,27,28);9-12,16H,5-8,13H2,1-4H3,(H,25,30)(H,26,27);8-10,12,15H,4-7,11H2,1-3H3,(H,25,30)(H,26,27);4-5,8-10H,2-3,6-7,11-12H2,1H3,(H,22,28)(H,24,25)/t17-,18-;;;/m0.../s1.